The molecule has 0 aromatic heterocycles. The molecule has 0 bridgehead atoms. The second-order valence-corrected chi connectivity index (χ2v) is 3.26. The van der Waals surface area contributed by atoms with Crippen LogP contribution in [0.1, 0.15) is 16.5 Å². The summed E-state index contributed by atoms with van der Waals surface area (Å²) in [5, 5.41) is 0.232. The van der Waals surface area contributed by atoms with Crippen LogP contribution in [-0.2, 0) is 6.42 Å². The smallest absolute Gasteiger partial charge is 0.119 e. The van der Waals surface area contributed by atoms with Crippen LogP contribution >= 0.6 is 11.6 Å². The van der Waals surface area contributed by atoms with Crippen molar-refractivity contribution in [2.45, 2.75) is 11.8 Å². The zero-order chi connectivity index (χ0) is 7.84. The first-order valence-electron chi connectivity index (χ1n) is 3.62. The number of benzene rings is 1. The van der Waals surface area contributed by atoms with Gasteiger partial charge in [0.15, 0.2) is 0 Å². The molecular formula is C9H9ClO. The third-order valence-electron chi connectivity index (χ3n) is 2.09. The van der Waals surface area contributed by atoms with Gasteiger partial charge in [0.25, 0.3) is 0 Å². The van der Waals surface area contributed by atoms with E-state index in [2.05, 4.69) is 0 Å². The summed E-state index contributed by atoms with van der Waals surface area (Å²) in [6, 6.07) is 6.04. The van der Waals surface area contributed by atoms with Crippen LogP contribution in [0.2, 0.25) is 0 Å². The fourth-order valence-corrected chi connectivity index (χ4v) is 1.74. The second kappa shape index (κ2) is 2.42. The standard InChI is InChI=1S/C9H9ClO/c1-11-7-2-3-8-6(4-7)5-9(8)10/h2-4,9H,5H2,1H3. The highest BCUT2D eigenvalue weighted by Crippen LogP contribution is 2.39. The summed E-state index contributed by atoms with van der Waals surface area (Å²) in [6.07, 6.45) is 0.980. The Bertz CT molecular complexity index is 283. The Hall–Kier alpha value is -0.690. The van der Waals surface area contributed by atoms with Crippen molar-refractivity contribution in [1.29, 1.82) is 0 Å². The predicted molar refractivity (Wildman–Crippen MR) is 45.3 cm³/mol. The maximum Gasteiger partial charge on any atom is 0.119 e. The molecule has 0 spiro atoms. The summed E-state index contributed by atoms with van der Waals surface area (Å²) in [4.78, 5) is 0. The molecule has 2 rings (SSSR count). The minimum Gasteiger partial charge on any atom is -0.497 e. The molecule has 0 heterocycles. The van der Waals surface area contributed by atoms with E-state index in [1.807, 2.05) is 18.2 Å². The van der Waals surface area contributed by atoms with Gasteiger partial charge in [-0.3, -0.25) is 0 Å². The first kappa shape index (κ1) is 6.99. The number of rotatable bonds is 1. The van der Waals surface area contributed by atoms with E-state index in [0.717, 1.165) is 12.2 Å². The van der Waals surface area contributed by atoms with E-state index in [0.29, 0.717) is 0 Å². The highest BCUT2D eigenvalue weighted by atomic mass is 35.5. The van der Waals surface area contributed by atoms with Crippen molar-refractivity contribution in [1.82, 2.24) is 0 Å². The van der Waals surface area contributed by atoms with Crippen molar-refractivity contribution in [3.63, 3.8) is 0 Å². The number of fused-ring (bicyclic) bond motifs is 1. The van der Waals surface area contributed by atoms with Crippen molar-refractivity contribution in [3.8, 4) is 5.75 Å². The lowest BCUT2D eigenvalue weighted by Gasteiger charge is -2.24. The van der Waals surface area contributed by atoms with E-state index < -0.39 is 0 Å². The molecule has 1 aromatic rings. The summed E-state index contributed by atoms with van der Waals surface area (Å²) in [5.74, 6) is 0.923. The van der Waals surface area contributed by atoms with Crippen LogP contribution < -0.4 is 4.74 Å². The summed E-state index contributed by atoms with van der Waals surface area (Å²) in [6.45, 7) is 0. The first-order chi connectivity index (χ1) is 5.31. The largest absolute Gasteiger partial charge is 0.497 e. The van der Waals surface area contributed by atoms with Gasteiger partial charge in [-0.25, -0.2) is 0 Å². The van der Waals surface area contributed by atoms with E-state index in [1.54, 1.807) is 7.11 Å². The molecule has 0 N–H and O–H groups in total. The van der Waals surface area contributed by atoms with E-state index in [9.17, 15) is 0 Å². The normalized spacial score (nSPS) is 20.4. The Morgan fingerprint density at radius 2 is 2.36 bits per heavy atom. The minimum atomic E-state index is 0.232. The average Bonchev–Trinajstić information content (AvgIpc) is 2.02. The Morgan fingerprint density at radius 1 is 1.55 bits per heavy atom. The number of ether oxygens (including phenoxy) is 1. The maximum absolute atomic E-state index is 5.93. The molecule has 0 fully saturated rings. The molecule has 0 amide bonds. The second-order valence-electron chi connectivity index (χ2n) is 2.74. The molecule has 1 unspecified atom stereocenters. The van der Waals surface area contributed by atoms with Gasteiger partial charge in [0.2, 0.25) is 0 Å². The van der Waals surface area contributed by atoms with Crippen LogP contribution in [0.5, 0.6) is 5.75 Å². The molecular weight excluding hydrogens is 160 g/mol. The van der Waals surface area contributed by atoms with Crippen LogP contribution in [0.3, 0.4) is 0 Å². The van der Waals surface area contributed by atoms with Crippen molar-refractivity contribution in [2.24, 2.45) is 0 Å². The van der Waals surface area contributed by atoms with Gasteiger partial charge >= 0.3 is 0 Å². The lowest BCUT2D eigenvalue weighted by Crippen LogP contribution is -2.11. The quantitative estimate of drug-likeness (QED) is 0.586. The van der Waals surface area contributed by atoms with Gasteiger partial charge in [0, 0.05) is 0 Å². The third-order valence-corrected chi connectivity index (χ3v) is 2.48. The van der Waals surface area contributed by atoms with Gasteiger partial charge in [-0.1, -0.05) is 6.07 Å². The molecule has 2 heteroatoms. The zero-order valence-electron chi connectivity index (χ0n) is 6.30. The van der Waals surface area contributed by atoms with Crippen LogP contribution in [0, 0.1) is 0 Å². The monoisotopic (exact) mass is 168 g/mol. The van der Waals surface area contributed by atoms with Gasteiger partial charge in [-0.2, -0.15) is 0 Å². The molecule has 1 aliphatic carbocycles. The van der Waals surface area contributed by atoms with Crippen molar-refractivity contribution < 1.29 is 4.74 Å². The van der Waals surface area contributed by atoms with E-state index in [-0.39, 0.29) is 5.38 Å². The molecule has 1 aliphatic rings. The summed E-state index contributed by atoms with van der Waals surface area (Å²) in [7, 11) is 1.68. The van der Waals surface area contributed by atoms with Crippen LogP contribution in [0.15, 0.2) is 18.2 Å². The highest BCUT2D eigenvalue weighted by Gasteiger charge is 2.23. The number of hydrogen-bond donors (Lipinski definition) is 0. The Kier molecular flexibility index (Phi) is 1.53. The molecule has 0 radical (unpaired) electrons. The van der Waals surface area contributed by atoms with Crippen molar-refractivity contribution >= 4 is 11.6 Å². The molecule has 1 atom stereocenters. The van der Waals surface area contributed by atoms with Gasteiger partial charge < -0.3 is 4.74 Å². The molecule has 1 aromatic carbocycles. The SMILES string of the molecule is COc1ccc2c(c1)CC2Cl. The number of methoxy groups -OCH3 is 1. The fourth-order valence-electron chi connectivity index (χ4n) is 1.36. The predicted octanol–water partition coefficient (Wildman–Crippen LogP) is 2.53. The zero-order valence-corrected chi connectivity index (χ0v) is 7.06. The fraction of sp³-hybridized carbons (Fsp3) is 0.333. The van der Waals surface area contributed by atoms with E-state index >= 15 is 0 Å². The summed E-state index contributed by atoms with van der Waals surface area (Å²) < 4.78 is 5.08. The van der Waals surface area contributed by atoms with Crippen LogP contribution in [0.4, 0.5) is 0 Å². The number of hydrogen-bond acceptors (Lipinski definition) is 1. The van der Waals surface area contributed by atoms with Gasteiger partial charge in [-0.05, 0) is 29.7 Å². The Labute approximate surface area is 70.9 Å². The Morgan fingerprint density at radius 3 is 2.91 bits per heavy atom. The molecule has 0 saturated carbocycles. The van der Waals surface area contributed by atoms with Gasteiger partial charge in [0.05, 0.1) is 12.5 Å². The van der Waals surface area contributed by atoms with E-state index in [4.69, 9.17) is 16.3 Å². The van der Waals surface area contributed by atoms with Gasteiger partial charge in [0.1, 0.15) is 5.75 Å². The third kappa shape index (κ3) is 1.000. The van der Waals surface area contributed by atoms with Crippen LogP contribution in [0.25, 0.3) is 0 Å². The summed E-state index contributed by atoms with van der Waals surface area (Å²) in [5.41, 5.74) is 2.58. The average molecular weight is 169 g/mol. The minimum absolute atomic E-state index is 0.232. The maximum atomic E-state index is 5.93. The molecule has 0 saturated heterocycles. The number of halogens is 1. The molecule has 1 nitrogen and oxygen atoms in total. The lowest BCUT2D eigenvalue weighted by molar-refractivity contribution is 0.413. The highest BCUT2D eigenvalue weighted by molar-refractivity contribution is 6.22. The summed E-state index contributed by atoms with van der Waals surface area (Å²) >= 11 is 5.93. The van der Waals surface area contributed by atoms with E-state index in [1.165, 1.54) is 11.1 Å². The van der Waals surface area contributed by atoms with Crippen molar-refractivity contribution in [2.75, 3.05) is 7.11 Å². The van der Waals surface area contributed by atoms with Crippen LogP contribution in [-0.4, -0.2) is 7.11 Å². The molecule has 58 valence electrons. The van der Waals surface area contributed by atoms with Crippen molar-refractivity contribution in [3.05, 3.63) is 29.3 Å². The topological polar surface area (TPSA) is 9.23 Å². The Balaban J connectivity index is 2.38. The molecule has 11 heavy (non-hydrogen) atoms. The van der Waals surface area contributed by atoms with Gasteiger partial charge in [-0.15, -0.1) is 11.6 Å². The number of alkyl halides is 1. The molecule has 0 aliphatic heterocycles. The first-order valence-corrected chi connectivity index (χ1v) is 4.06. The lowest BCUT2D eigenvalue weighted by atomic mass is 9.88.